The summed E-state index contributed by atoms with van der Waals surface area (Å²) in [4.78, 5) is 21.6. The van der Waals surface area contributed by atoms with Crippen LogP contribution in [0.5, 0.6) is 0 Å². The van der Waals surface area contributed by atoms with Gasteiger partial charge in [0.25, 0.3) is 0 Å². The third-order valence-corrected chi connectivity index (χ3v) is 5.48. The number of carbonyl (C=O) groups excluding carboxylic acids is 1. The van der Waals surface area contributed by atoms with Gasteiger partial charge in [0.2, 0.25) is 5.91 Å². The fraction of sp³-hybridized carbons (Fsp3) is 0.300. The lowest BCUT2D eigenvalue weighted by Gasteiger charge is -2.28. The van der Waals surface area contributed by atoms with Crippen molar-refractivity contribution in [2.75, 3.05) is 0 Å². The summed E-state index contributed by atoms with van der Waals surface area (Å²) < 4.78 is 1.60. The predicted molar refractivity (Wildman–Crippen MR) is 103 cm³/mol. The Hall–Kier alpha value is -2.73. The van der Waals surface area contributed by atoms with Gasteiger partial charge in [-0.15, -0.1) is 0 Å². The van der Waals surface area contributed by atoms with Gasteiger partial charge >= 0.3 is 0 Å². The van der Waals surface area contributed by atoms with Crippen LogP contribution in [0, 0.1) is 0 Å². The molecule has 0 unspecified atom stereocenters. The van der Waals surface area contributed by atoms with Crippen LogP contribution in [0.25, 0.3) is 5.82 Å². The first-order valence-corrected chi connectivity index (χ1v) is 9.40. The molecule has 0 atom stereocenters. The molecule has 4 rings (SSSR count). The molecule has 1 fully saturated rings. The van der Waals surface area contributed by atoms with Crippen LogP contribution < -0.4 is 5.32 Å². The maximum Gasteiger partial charge on any atom is 0.230 e. The highest BCUT2D eigenvalue weighted by Gasteiger charge is 2.42. The largest absolute Gasteiger partial charge is 0.351 e. The summed E-state index contributed by atoms with van der Waals surface area (Å²) in [7, 11) is 0. The van der Waals surface area contributed by atoms with Crippen molar-refractivity contribution in [1.29, 1.82) is 0 Å². The lowest BCUT2D eigenvalue weighted by Crippen LogP contribution is -2.42. The molecule has 1 N–H and O–H groups in total. The van der Waals surface area contributed by atoms with Crippen molar-refractivity contribution < 1.29 is 4.79 Å². The Morgan fingerprint density at radius 3 is 2.67 bits per heavy atom. The first-order chi connectivity index (χ1) is 13.2. The first kappa shape index (κ1) is 17.7. The smallest absolute Gasteiger partial charge is 0.230 e. The van der Waals surface area contributed by atoms with Gasteiger partial charge in [-0.2, -0.15) is 5.10 Å². The fourth-order valence-electron chi connectivity index (χ4n) is 3.83. The number of nitrogens with zero attached hydrogens (tertiary/aromatic N) is 4. The van der Waals surface area contributed by atoms with Gasteiger partial charge in [-0.25, -0.2) is 14.6 Å². The molecule has 7 heteroatoms. The molecule has 1 amide bonds. The number of hydrogen-bond donors (Lipinski definition) is 1. The van der Waals surface area contributed by atoms with Crippen LogP contribution in [0.15, 0.2) is 55.2 Å². The number of halogens is 1. The van der Waals surface area contributed by atoms with E-state index in [4.69, 9.17) is 11.6 Å². The van der Waals surface area contributed by atoms with Crippen LogP contribution in [0.3, 0.4) is 0 Å². The summed E-state index contributed by atoms with van der Waals surface area (Å²) in [5.41, 5.74) is 1.44. The molecule has 0 saturated heterocycles. The van der Waals surface area contributed by atoms with Gasteiger partial charge in [0.1, 0.15) is 12.7 Å². The Morgan fingerprint density at radius 2 is 1.96 bits per heavy atom. The number of pyridine rings is 1. The van der Waals surface area contributed by atoms with Crippen LogP contribution in [-0.2, 0) is 16.8 Å². The minimum absolute atomic E-state index is 0.0516. The average Bonchev–Trinajstić information content (AvgIpc) is 3.39. The third kappa shape index (κ3) is 3.45. The van der Waals surface area contributed by atoms with Gasteiger partial charge in [0, 0.05) is 23.3 Å². The zero-order chi connectivity index (χ0) is 18.7. The molecule has 0 radical (unpaired) electrons. The van der Waals surface area contributed by atoms with E-state index in [1.807, 2.05) is 36.4 Å². The molecule has 1 aromatic carbocycles. The Labute approximate surface area is 162 Å². The van der Waals surface area contributed by atoms with E-state index in [9.17, 15) is 4.79 Å². The molecule has 3 aromatic rings. The molecule has 2 aromatic heterocycles. The van der Waals surface area contributed by atoms with E-state index in [1.165, 1.54) is 6.33 Å². The normalized spacial score (nSPS) is 15.6. The van der Waals surface area contributed by atoms with Crippen molar-refractivity contribution in [2.45, 2.75) is 37.6 Å². The summed E-state index contributed by atoms with van der Waals surface area (Å²) in [6.07, 6.45) is 8.56. The van der Waals surface area contributed by atoms with Crippen molar-refractivity contribution in [3.8, 4) is 5.82 Å². The van der Waals surface area contributed by atoms with E-state index >= 15 is 0 Å². The molecule has 1 aliphatic carbocycles. The van der Waals surface area contributed by atoms with Crippen LogP contribution >= 0.6 is 11.6 Å². The minimum atomic E-state index is -0.486. The van der Waals surface area contributed by atoms with Crippen LogP contribution in [0.2, 0.25) is 5.02 Å². The SMILES string of the molecule is O=C(NCc1cccnc1-n1cncn1)C1(c2ccc(Cl)cc2)CCCC1. The van der Waals surface area contributed by atoms with Gasteiger partial charge in [0.05, 0.1) is 5.41 Å². The monoisotopic (exact) mass is 381 g/mol. The molecular weight excluding hydrogens is 362 g/mol. The molecule has 6 nitrogen and oxygen atoms in total. The van der Waals surface area contributed by atoms with Crippen LogP contribution in [-0.4, -0.2) is 25.7 Å². The molecule has 0 spiro atoms. The van der Waals surface area contributed by atoms with E-state index in [-0.39, 0.29) is 5.91 Å². The second-order valence-corrected chi connectivity index (χ2v) is 7.24. The minimum Gasteiger partial charge on any atom is -0.351 e. The van der Waals surface area contributed by atoms with Gasteiger partial charge in [-0.3, -0.25) is 4.79 Å². The number of nitrogens with one attached hydrogen (secondary N) is 1. The van der Waals surface area contributed by atoms with E-state index in [2.05, 4.69) is 20.4 Å². The molecule has 1 saturated carbocycles. The van der Waals surface area contributed by atoms with E-state index in [0.29, 0.717) is 17.4 Å². The Balaban J connectivity index is 1.56. The second kappa shape index (κ2) is 7.48. The van der Waals surface area contributed by atoms with Crippen molar-refractivity contribution in [1.82, 2.24) is 25.1 Å². The van der Waals surface area contributed by atoms with Gasteiger partial charge in [0.15, 0.2) is 5.82 Å². The lowest BCUT2D eigenvalue weighted by molar-refractivity contribution is -0.126. The molecule has 27 heavy (non-hydrogen) atoms. The van der Waals surface area contributed by atoms with Crippen molar-refractivity contribution >= 4 is 17.5 Å². The highest BCUT2D eigenvalue weighted by Crippen LogP contribution is 2.41. The Kier molecular flexibility index (Phi) is 4.90. The van der Waals surface area contributed by atoms with E-state index in [1.54, 1.807) is 17.2 Å². The van der Waals surface area contributed by atoms with Crippen molar-refractivity contribution in [2.24, 2.45) is 0 Å². The average molecular weight is 382 g/mol. The molecule has 0 aliphatic heterocycles. The van der Waals surface area contributed by atoms with E-state index < -0.39 is 5.41 Å². The summed E-state index contributed by atoms with van der Waals surface area (Å²) in [5.74, 6) is 0.720. The number of amides is 1. The quantitative estimate of drug-likeness (QED) is 0.734. The number of benzene rings is 1. The van der Waals surface area contributed by atoms with Crippen LogP contribution in [0.4, 0.5) is 0 Å². The zero-order valence-corrected chi connectivity index (χ0v) is 15.6. The molecular formula is C20H20ClN5O. The molecule has 0 bridgehead atoms. The van der Waals surface area contributed by atoms with Crippen molar-refractivity contribution in [3.63, 3.8) is 0 Å². The Morgan fingerprint density at radius 1 is 1.19 bits per heavy atom. The topological polar surface area (TPSA) is 72.7 Å². The standard InChI is InChI=1S/C20H20ClN5O/c21-17-7-5-16(6-8-17)20(9-1-2-10-20)19(27)24-12-15-4-3-11-23-18(15)26-14-22-13-25-26/h3-8,11,13-14H,1-2,9-10,12H2,(H,24,27). The lowest BCUT2D eigenvalue weighted by atomic mass is 9.78. The van der Waals surface area contributed by atoms with E-state index in [0.717, 1.165) is 36.8 Å². The third-order valence-electron chi connectivity index (χ3n) is 5.23. The predicted octanol–water partition coefficient (Wildman–Crippen LogP) is 3.44. The summed E-state index contributed by atoms with van der Waals surface area (Å²) >= 11 is 6.03. The number of hydrogen-bond acceptors (Lipinski definition) is 4. The van der Waals surface area contributed by atoms with Gasteiger partial charge in [-0.1, -0.05) is 42.6 Å². The maximum atomic E-state index is 13.2. The summed E-state index contributed by atoms with van der Waals surface area (Å²) in [6, 6.07) is 11.4. The second-order valence-electron chi connectivity index (χ2n) is 6.80. The first-order valence-electron chi connectivity index (χ1n) is 9.02. The molecule has 2 heterocycles. The number of rotatable bonds is 5. The molecule has 138 valence electrons. The van der Waals surface area contributed by atoms with Gasteiger partial charge in [-0.05, 0) is 36.6 Å². The van der Waals surface area contributed by atoms with Gasteiger partial charge < -0.3 is 5.32 Å². The highest BCUT2D eigenvalue weighted by atomic mass is 35.5. The van der Waals surface area contributed by atoms with Crippen LogP contribution in [0.1, 0.15) is 36.8 Å². The summed E-state index contributed by atoms with van der Waals surface area (Å²) in [5, 5.41) is 7.94. The summed E-state index contributed by atoms with van der Waals surface area (Å²) in [6.45, 7) is 0.386. The Bertz CT molecular complexity index is 918. The van der Waals surface area contributed by atoms with Crippen molar-refractivity contribution in [3.05, 3.63) is 71.4 Å². The number of carbonyl (C=O) groups is 1. The number of aromatic nitrogens is 4. The fourth-order valence-corrected chi connectivity index (χ4v) is 3.96. The zero-order valence-electron chi connectivity index (χ0n) is 14.8. The maximum absolute atomic E-state index is 13.2. The molecule has 1 aliphatic rings. The highest BCUT2D eigenvalue weighted by molar-refractivity contribution is 6.30.